The number of carbonyl (C=O) groups excluding carboxylic acids is 2. The number of hydrogen-bond acceptors (Lipinski definition) is 10. The predicted molar refractivity (Wildman–Crippen MR) is 210 cm³/mol. The summed E-state index contributed by atoms with van der Waals surface area (Å²) in [6, 6.07) is 20.1. The number of halogens is 2. The lowest BCUT2D eigenvalue weighted by atomic mass is 9.92. The third kappa shape index (κ3) is 7.65. The van der Waals surface area contributed by atoms with Crippen LogP contribution in [0.1, 0.15) is 37.5 Å². The van der Waals surface area contributed by atoms with Crippen LogP contribution in [-0.2, 0) is 24.8 Å². The smallest absolute Gasteiger partial charge is 0.316 e. The highest BCUT2D eigenvalue weighted by Gasteiger charge is 2.35. The van der Waals surface area contributed by atoms with E-state index in [1.807, 2.05) is 35.6 Å². The van der Waals surface area contributed by atoms with Crippen molar-refractivity contribution < 1.29 is 33.6 Å². The van der Waals surface area contributed by atoms with E-state index in [-0.39, 0.29) is 61.2 Å². The van der Waals surface area contributed by atoms with Crippen molar-refractivity contribution in [2.24, 2.45) is 7.05 Å². The maximum atomic E-state index is 15.0. The van der Waals surface area contributed by atoms with E-state index >= 15 is 4.79 Å². The van der Waals surface area contributed by atoms with Crippen LogP contribution < -0.4 is 19.1 Å². The maximum Gasteiger partial charge on any atom is 0.316 e. The molecule has 0 spiro atoms. The minimum Gasteiger partial charge on any atom is -0.508 e. The summed E-state index contributed by atoms with van der Waals surface area (Å²) in [6.07, 6.45) is 3.76. The van der Waals surface area contributed by atoms with Crippen LogP contribution in [0.2, 0.25) is 0 Å². The number of anilines is 2. The Bertz CT molecular complexity index is 2170. The van der Waals surface area contributed by atoms with Crippen LogP contribution in [0.3, 0.4) is 0 Å². The SMILES string of the molecule is COc1ncc(N(C(=O)c2cc(-c3cc4c(cc3C(=O)N3Cc5ccccc5C[C@H]3CN3CCOCC3)OCO4)n(C)c2C)c2ccc(O)cc2)cn1.Cl.Cl. The number of ether oxygens (including phenoxy) is 4. The van der Waals surface area contributed by atoms with Gasteiger partial charge in [-0.25, -0.2) is 9.97 Å². The van der Waals surface area contributed by atoms with Crippen LogP contribution in [-0.4, -0.2) is 94.0 Å². The number of hydrogen-bond donors (Lipinski definition) is 1. The van der Waals surface area contributed by atoms with Gasteiger partial charge in [-0.15, -0.1) is 24.8 Å². The zero-order valence-electron chi connectivity index (χ0n) is 30.6. The van der Waals surface area contributed by atoms with Crippen molar-refractivity contribution in [3.8, 4) is 34.5 Å². The molecule has 0 bridgehead atoms. The number of aromatic hydroxyl groups is 1. The molecule has 8 rings (SSSR count). The Morgan fingerprint density at radius 3 is 2.27 bits per heavy atom. The van der Waals surface area contributed by atoms with Crippen molar-refractivity contribution in [2.75, 3.05) is 51.7 Å². The van der Waals surface area contributed by atoms with Crippen molar-refractivity contribution in [1.29, 1.82) is 0 Å². The van der Waals surface area contributed by atoms with Gasteiger partial charge >= 0.3 is 6.01 Å². The van der Waals surface area contributed by atoms with Gasteiger partial charge in [0.1, 0.15) is 5.75 Å². The molecule has 3 aromatic carbocycles. The zero-order valence-corrected chi connectivity index (χ0v) is 32.3. The molecule has 0 radical (unpaired) electrons. The summed E-state index contributed by atoms with van der Waals surface area (Å²) in [7, 11) is 3.34. The van der Waals surface area contributed by atoms with Crippen molar-refractivity contribution in [3.63, 3.8) is 0 Å². The predicted octanol–water partition coefficient (Wildman–Crippen LogP) is 5.95. The number of phenolic OH excluding ortho intramolecular Hbond substituents is 1. The van der Waals surface area contributed by atoms with E-state index in [1.165, 1.54) is 42.1 Å². The molecule has 1 fully saturated rings. The number of carbonyl (C=O) groups is 2. The largest absolute Gasteiger partial charge is 0.508 e. The zero-order chi connectivity index (χ0) is 36.6. The fourth-order valence-electron chi connectivity index (χ4n) is 7.37. The molecule has 0 unspecified atom stereocenters. The quantitative estimate of drug-likeness (QED) is 0.201. The molecule has 3 aliphatic heterocycles. The van der Waals surface area contributed by atoms with Gasteiger partial charge in [0.15, 0.2) is 11.5 Å². The van der Waals surface area contributed by atoms with E-state index in [4.69, 9.17) is 18.9 Å². The molecule has 15 heteroatoms. The summed E-state index contributed by atoms with van der Waals surface area (Å²) in [6.45, 7) is 6.10. The van der Waals surface area contributed by atoms with Gasteiger partial charge < -0.3 is 33.5 Å². The number of benzene rings is 3. The van der Waals surface area contributed by atoms with Gasteiger partial charge in [-0.3, -0.25) is 19.4 Å². The van der Waals surface area contributed by atoms with Crippen LogP contribution in [0, 0.1) is 6.92 Å². The molecule has 2 aromatic heterocycles. The van der Waals surface area contributed by atoms with E-state index in [0.29, 0.717) is 70.7 Å². The summed E-state index contributed by atoms with van der Waals surface area (Å²) in [4.78, 5) is 44.0. The Morgan fingerprint density at radius 2 is 1.58 bits per heavy atom. The molecule has 1 atom stereocenters. The summed E-state index contributed by atoms with van der Waals surface area (Å²) >= 11 is 0. The second-order valence-corrected chi connectivity index (χ2v) is 13.4. The first-order valence-corrected chi connectivity index (χ1v) is 17.6. The van der Waals surface area contributed by atoms with Gasteiger partial charge in [0.2, 0.25) is 6.79 Å². The fourth-order valence-corrected chi connectivity index (χ4v) is 7.37. The van der Waals surface area contributed by atoms with Gasteiger partial charge in [0.25, 0.3) is 11.8 Å². The molecule has 13 nitrogen and oxygen atoms in total. The third-order valence-corrected chi connectivity index (χ3v) is 10.3. The Labute approximate surface area is 331 Å². The molecule has 0 aliphatic carbocycles. The van der Waals surface area contributed by atoms with Crippen LogP contribution in [0.5, 0.6) is 23.3 Å². The summed E-state index contributed by atoms with van der Waals surface area (Å²) < 4.78 is 24.3. The minimum atomic E-state index is -0.351. The van der Waals surface area contributed by atoms with Crippen molar-refractivity contribution >= 4 is 48.0 Å². The monoisotopic (exact) mass is 788 g/mol. The third-order valence-electron chi connectivity index (χ3n) is 10.3. The maximum absolute atomic E-state index is 15.0. The summed E-state index contributed by atoms with van der Waals surface area (Å²) in [5.74, 6) is 0.613. The molecular formula is C40H42Cl2N6O7. The molecule has 55 heavy (non-hydrogen) atoms. The summed E-state index contributed by atoms with van der Waals surface area (Å²) in [5, 5.41) is 10.0. The highest BCUT2D eigenvalue weighted by atomic mass is 35.5. The highest BCUT2D eigenvalue weighted by Crippen LogP contribution is 2.42. The Hall–Kier alpha value is -5.34. The van der Waals surface area contributed by atoms with Crippen molar-refractivity contribution in [1.82, 2.24) is 24.3 Å². The van der Waals surface area contributed by atoms with Crippen molar-refractivity contribution in [3.05, 3.63) is 107 Å². The number of fused-ring (bicyclic) bond motifs is 2. The van der Waals surface area contributed by atoms with Crippen molar-refractivity contribution in [2.45, 2.75) is 25.9 Å². The molecule has 1 N–H and O–H groups in total. The average molecular weight is 790 g/mol. The number of rotatable bonds is 8. The topological polar surface area (TPSA) is 132 Å². The van der Waals surface area contributed by atoms with Gasteiger partial charge in [0, 0.05) is 61.9 Å². The molecule has 288 valence electrons. The molecule has 5 aromatic rings. The lowest BCUT2D eigenvalue weighted by Gasteiger charge is -2.40. The first-order valence-electron chi connectivity index (χ1n) is 17.6. The number of morpholine rings is 1. The Kier molecular flexibility index (Phi) is 11.9. The van der Waals surface area contributed by atoms with Crippen LogP contribution in [0.15, 0.2) is 79.1 Å². The standard InChI is InChI=1S/C40H40N6O7.2ClH/c1-25-32(39(49)46(28-8-10-31(47)11-9-28)30-20-41-40(50-3)42-21-30)17-35(43(25)2)33-18-36-37(53-24-52-36)19-34(33)38(48)45-22-27-7-5-4-6-26(27)16-29(45)23-44-12-14-51-15-13-44;;/h4-11,17-21,29,47H,12-16,22-24H2,1-3H3;2*1H/t29-;;/m0../s1. The second kappa shape index (κ2) is 16.6. The number of methoxy groups -OCH3 is 1. The normalized spacial score (nSPS) is 16.1. The minimum absolute atomic E-state index is 0. The first-order chi connectivity index (χ1) is 25.8. The second-order valence-electron chi connectivity index (χ2n) is 13.4. The van der Waals surface area contributed by atoms with E-state index in [9.17, 15) is 9.90 Å². The van der Waals surface area contributed by atoms with Gasteiger partial charge in [-0.05, 0) is 66.9 Å². The average Bonchev–Trinajstić information content (AvgIpc) is 3.78. The van der Waals surface area contributed by atoms with E-state index in [2.05, 4.69) is 33.1 Å². The number of nitrogens with zero attached hydrogens (tertiary/aromatic N) is 6. The number of phenols is 1. The van der Waals surface area contributed by atoms with Gasteiger partial charge in [-0.1, -0.05) is 24.3 Å². The molecule has 0 saturated carbocycles. The van der Waals surface area contributed by atoms with Crippen LogP contribution in [0.25, 0.3) is 11.3 Å². The first kappa shape index (κ1) is 39.4. The Balaban J connectivity index is 0.00000257. The van der Waals surface area contributed by atoms with Crippen LogP contribution >= 0.6 is 24.8 Å². The molecule has 1 saturated heterocycles. The molecular weight excluding hydrogens is 747 g/mol. The molecule has 3 aliphatic rings. The summed E-state index contributed by atoms with van der Waals surface area (Å²) in [5.41, 5.74) is 6.10. The fraction of sp³-hybridized carbons (Fsp3) is 0.300. The van der Waals surface area contributed by atoms with Crippen LogP contribution in [0.4, 0.5) is 11.4 Å². The number of aromatic nitrogens is 3. The molecule has 2 amide bonds. The lowest BCUT2D eigenvalue weighted by Crippen LogP contribution is -2.52. The molecule has 5 heterocycles. The van der Waals surface area contributed by atoms with E-state index in [1.54, 1.807) is 24.3 Å². The van der Waals surface area contributed by atoms with Gasteiger partial charge in [0.05, 0.1) is 49.5 Å². The van der Waals surface area contributed by atoms with E-state index < -0.39 is 0 Å². The number of amides is 2. The Morgan fingerprint density at radius 1 is 0.909 bits per heavy atom. The lowest BCUT2D eigenvalue weighted by molar-refractivity contribution is 0.0193. The van der Waals surface area contributed by atoms with E-state index in [0.717, 1.165) is 31.6 Å². The van der Waals surface area contributed by atoms with Gasteiger partial charge in [-0.2, -0.15) is 0 Å². The highest BCUT2D eigenvalue weighted by molar-refractivity contribution is 6.12.